The lowest BCUT2D eigenvalue weighted by Gasteiger charge is -2.05. The normalized spacial score (nSPS) is 11.5. The molecule has 18 heavy (non-hydrogen) atoms. The predicted octanol–water partition coefficient (Wildman–Crippen LogP) is 1.71. The van der Waals surface area contributed by atoms with E-state index in [0.29, 0.717) is 13.1 Å². The number of rotatable bonds is 7. The number of nitrogens with one attached hydrogen (secondary N) is 1. The molecule has 2 rings (SSSR count). The Balaban J connectivity index is 1.74. The molecule has 0 aliphatic heterocycles. The first kappa shape index (κ1) is 12.9. The van der Waals surface area contributed by atoms with Crippen LogP contribution in [0, 0.1) is 0 Å². The predicted molar refractivity (Wildman–Crippen MR) is 63.7 cm³/mol. The molecule has 0 fully saturated rings. The van der Waals surface area contributed by atoms with Crippen molar-refractivity contribution in [2.24, 2.45) is 0 Å². The molecule has 4 nitrogen and oxygen atoms in total. The molecule has 0 aromatic carbocycles. The van der Waals surface area contributed by atoms with E-state index in [2.05, 4.69) is 10.4 Å². The summed E-state index contributed by atoms with van der Waals surface area (Å²) in [6.07, 6.45) is 1.28. The zero-order chi connectivity index (χ0) is 12.8. The highest BCUT2D eigenvalue weighted by molar-refractivity contribution is 5.53. The van der Waals surface area contributed by atoms with Crippen LogP contribution in [0.5, 0.6) is 0 Å². The molecule has 0 saturated carbocycles. The van der Waals surface area contributed by atoms with Crippen LogP contribution in [0.1, 0.15) is 5.56 Å². The Hall–Kier alpha value is -1.53. The van der Waals surface area contributed by atoms with Crippen LogP contribution in [0.15, 0.2) is 30.6 Å². The van der Waals surface area contributed by atoms with E-state index in [1.165, 1.54) is 0 Å². The summed E-state index contributed by atoms with van der Waals surface area (Å²) < 4.78 is 30.1. The number of fused-ring (bicyclic) bond motifs is 1. The first-order valence-corrected chi connectivity index (χ1v) is 5.75. The third-order valence-corrected chi connectivity index (χ3v) is 2.49. The van der Waals surface area contributed by atoms with E-state index in [4.69, 9.17) is 4.74 Å². The average Bonchev–Trinajstić information content (AvgIpc) is 2.77. The van der Waals surface area contributed by atoms with Crippen molar-refractivity contribution >= 4 is 5.52 Å². The molecule has 0 spiro atoms. The molecule has 0 bridgehead atoms. The van der Waals surface area contributed by atoms with Crippen molar-refractivity contribution in [3.05, 3.63) is 36.2 Å². The van der Waals surface area contributed by atoms with Crippen molar-refractivity contribution < 1.29 is 13.5 Å². The molecule has 0 radical (unpaired) electrons. The van der Waals surface area contributed by atoms with Crippen molar-refractivity contribution in [1.29, 1.82) is 0 Å². The summed E-state index contributed by atoms with van der Waals surface area (Å²) in [6.45, 7) is 0.963. The van der Waals surface area contributed by atoms with Crippen molar-refractivity contribution in [2.45, 2.75) is 13.0 Å². The van der Waals surface area contributed by atoms with Gasteiger partial charge in [0.15, 0.2) is 0 Å². The van der Waals surface area contributed by atoms with E-state index in [9.17, 15) is 8.78 Å². The summed E-state index contributed by atoms with van der Waals surface area (Å²) >= 11 is 0. The zero-order valence-corrected chi connectivity index (χ0v) is 9.85. The molecule has 0 aliphatic carbocycles. The van der Waals surface area contributed by atoms with Crippen molar-refractivity contribution in [3.8, 4) is 0 Å². The van der Waals surface area contributed by atoms with Gasteiger partial charge in [0.2, 0.25) is 0 Å². The van der Waals surface area contributed by atoms with Crippen LogP contribution in [-0.2, 0) is 11.3 Å². The second-order valence-electron chi connectivity index (χ2n) is 3.84. The third-order valence-electron chi connectivity index (χ3n) is 2.49. The maximum absolute atomic E-state index is 11.8. The summed E-state index contributed by atoms with van der Waals surface area (Å²) in [4.78, 5) is 0. The molecule has 98 valence electrons. The minimum atomic E-state index is -2.40. The van der Waals surface area contributed by atoms with Crippen LogP contribution < -0.4 is 5.32 Å². The minimum absolute atomic E-state index is 0.281. The lowest BCUT2D eigenvalue weighted by molar-refractivity contribution is 0.0187. The van der Waals surface area contributed by atoms with Gasteiger partial charge in [-0.05, 0) is 12.1 Å². The average molecular weight is 255 g/mol. The fourth-order valence-corrected chi connectivity index (χ4v) is 1.66. The van der Waals surface area contributed by atoms with Gasteiger partial charge in [0.05, 0.1) is 18.3 Å². The topological polar surface area (TPSA) is 38.6 Å². The monoisotopic (exact) mass is 255 g/mol. The van der Waals surface area contributed by atoms with E-state index >= 15 is 0 Å². The third kappa shape index (κ3) is 3.48. The van der Waals surface area contributed by atoms with Gasteiger partial charge >= 0.3 is 0 Å². The van der Waals surface area contributed by atoms with E-state index < -0.39 is 13.0 Å². The molecule has 0 atom stereocenters. The first-order chi connectivity index (χ1) is 8.77. The number of alkyl halides is 2. The molecular weight excluding hydrogens is 240 g/mol. The largest absolute Gasteiger partial charge is 0.374 e. The number of aromatic nitrogens is 2. The van der Waals surface area contributed by atoms with Crippen molar-refractivity contribution in [3.63, 3.8) is 0 Å². The molecule has 0 amide bonds. The standard InChI is InChI=1S/C12H15F2N3O/c13-12(14)9-18-6-4-15-7-10-8-16-17-5-2-1-3-11(10)17/h1-3,5,8,12,15H,4,6-7,9H2. The van der Waals surface area contributed by atoms with E-state index in [-0.39, 0.29) is 6.61 Å². The van der Waals surface area contributed by atoms with Crippen LogP contribution in [0.3, 0.4) is 0 Å². The summed E-state index contributed by atoms with van der Waals surface area (Å²) in [6, 6.07) is 5.85. The van der Waals surface area contributed by atoms with Crippen LogP contribution >= 0.6 is 0 Å². The van der Waals surface area contributed by atoms with Gasteiger partial charge in [0, 0.05) is 24.8 Å². The van der Waals surface area contributed by atoms with Crippen LogP contribution in [-0.4, -0.2) is 35.8 Å². The Morgan fingerprint density at radius 1 is 1.39 bits per heavy atom. The first-order valence-electron chi connectivity index (χ1n) is 5.75. The molecule has 1 N–H and O–H groups in total. The second-order valence-corrected chi connectivity index (χ2v) is 3.84. The van der Waals surface area contributed by atoms with Crippen LogP contribution in [0.2, 0.25) is 0 Å². The minimum Gasteiger partial charge on any atom is -0.374 e. The van der Waals surface area contributed by atoms with Gasteiger partial charge in [0.25, 0.3) is 6.43 Å². The number of halogens is 2. The van der Waals surface area contributed by atoms with E-state index in [1.807, 2.05) is 24.4 Å². The number of ether oxygens (including phenoxy) is 1. The summed E-state index contributed by atoms with van der Waals surface area (Å²) in [5.74, 6) is 0. The summed E-state index contributed by atoms with van der Waals surface area (Å²) in [7, 11) is 0. The van der Waals surface area contributed by atoms with Crippen LogP contribution in [0.4, 0.5) is 8.78 Å². The molecule has 0 saturated heterocycles. The lowest BCUT2D eigenvalue weighted by atomic mass is 10.2. The maximum atomic E-state index is 11.8. The molecule has 2 heterocycles. The SMILES string of the molecule is FC(F)COCCNCc1cnn2ccccc12. The molecule has 0 aliphatic rings. The summed E-state index contributed by atoms with van der Waals surface area (Å²) in [5.41, 5.74) is 2.11. The van der Waals surface area contributed by atoms with Crippen LogP contribution in [0.25, 0.3) is 5.52 Å². The number of hydrogen-bond donors (Lipinski definition) is 1. The Morgan fingerprint density at radius 2 is 2.28 bits per heavy atom. The fraction of sp³-hybridized carbons (Fsp3) is 0.417. The van der Waals surface area contributed by atoms with Gasteiger partial charge in [-0.25, -0.2) is 13.3 Å². The lowest BCUT2D eigenvalue weighted by Crippen LogP contribution is -2.20. The Labute approximate surface area is 104 Å². The van der Waals surface area contributed by atoms with Gasteiger partial charge in [-0.15, -0.1) is 0 Å². The maximum Gasteiger partial charge on any atom is 0.261 e. The quantitative estimate of drug-likeness (QED) is 0.765. The highest BCUT2D eigenvalue weighted by Crippen LogP contribution is 2.08. The number of hydrogen-bond acceptors (Lipinski definition) is 3. The molecule has 6 heteroatoms. The number of nitrogens with zero attached hydrogens (tertiary/aromatic N) is 2. The summed E-state index contributed by atoms with van der Waals surface area (Å²) in [5, 5.41) is 7.33. The van der Waals surface area contributed by atoms with Gasteiger partial charge in [-0.2, -0.15) is 5.10 Å². The van der Waals surface area contributed by atoms with Gasteiger partial charge in [-0.1, -0.05) is 6.07 Å². The highest BCUT2D eigenvalue weighted by Gasteiger charge is 2.03. The Bertz CT molecular complexity index is 487. The number of pyridine rings is 1. The zero-order valence-electron chi connectivity index (χ0n) is 9.85. The fourth-order valence-electron chi connectivity index (χ4n) is 1.66. The van der Waals surface area contributed by atoms with Crippen molar-refractivity contribution in [1.82, 2.24) is 14.9 Å². The van der Waals surface area contributed by atoms with E-state index in [1.54, 1.807) is 10.7 Å². The van der Waals surface area contributed by atoms with Gasteiger partial charge in [-0.3, -0.25) is 0 Å². The van der Waals surface area contributed by atoms with Crippen molar-refractivity contribution in [2.75, 3.05) is 19.8 Å². The molecule has 2 aromatic rings. The second kappa shape index (κ2) is 6.42. The highest BCUT2D eigenvalue weighted by atomic mass is 19.3. The molecular formula is C12H15F2N3O. The smallest absolute Gasteiger partial charge is 0.261 e. The van der Waals surface area contributed by atoms with Gasteiger partial charge < -0.3 is 10.1 Å². The molecule has 0 unspecified atom stereocenters. The Kier molecular flexibility index (Phi) is 4.60. The van der Waals surface area contributed by atoms with Gasteiger partial charge in [0.1, 0.15) is 6.61 Å². The molecule has 2 aromatic heterocycles. The Morgan fingerprint density at radius 3 is 3.11 bits per heavy atom. The van der Waals surface area contributed by atoms with E-state index in [0.717, 1.165) is 11.1 Å².